The normalized spacial score (nSPS) is 29.6. The van der Waals surface area contributed by atoms with Crippen LogP contribution >= 0.6 is 0 Å². The summed E-state index contributed by atoms with van der Waals surface area (Å²) in [6, 6.07) is 10.5. The zero-order valence-corrected chi connectivity index (χ0v) is 15.0. The molecule has 2 saturated carbocycles. The fourth-order valence-corrected chi connectivity index (χ4v) is 3.82. The lowest BCUT2D eigenvalue weighted by Crippen LogP contribution is -2.76. The number of hydrogen-bond donors (Lipinski definition) is 2. The highest BCUT2D eigenvalue weighted by molar-refractivity contribution is 5.89. The van der Waals surface area contributed by atoms with Gasteiger partial charge in [0.25, 0.3) is 0 Å². The summed E-state index contributed by atoms with van der Waals surface area (Å²) in [5.74, 6) is 0.569. The molecule has 2 fully saturated rings. The van der Waals surface area contributed by atoms with Crippen LogP contribution in [0.1, 0.15) is 45.6 Å². The van der Waals surface area contributed by atoms with Gasteiger partial charge in [-0.3, -0.25) is 4.79 Å². The molecule has 0 bridgehead atoms. The predicted molar refractivity (Wildman–Crippen MR) is 95.5 cm³/mol. The van der Waals surface area contributed by atoms with E-state index in [4.69, 9.17) is 10.5 Å². The molecule has 0 radical (unpaired) electrons. The van der Waals surface area contributed by atoms with Crippen molar-refractivity contribution in [3.63, 3.8) is 0 Å². The van der Waals surface area contributed by atoms with Gasteiger partial charge in [0.05, 0.1) is 6.10 Å². The lowest BCUT2D eigenvalue weighted by atomic mass is 9.54. The maximum atomic E-state index is 13.0. The zero-order chi connectivity index (χ0) is 17.4. The van der Waals surface area contributed by atoms with E-state index in [-0.39, 0.29) is 23.5 Å². The van der Waals surface area contributed by atoms with Crippen molar-refractivity contribution in [2.24, 2.45) is 17.1 Å². The second kappa shape index (κ2) is 6.49. The Labute approximate surface area is 145 Å². The van der Waals surface area contributed by atoms with E-state index in [1.807, 2.05) is 39.0 Å². The van der Waals surface area contributed by atoms with E-state index in [1.54, 1.807) is 0 Å². The highest BCUT2D eigenvalue weighted by Gasteiger charge is 2.63. The molecule has 1 aromatic carbocycles. The Bertz CT molecular complexity index is 583. The van der Waals surface area contributed by atoms with Crippen molar-refractivity contribution < 1.29 is 9.53 Å². The summed E-state index contributed by atoms with van der Waals surface area (Å²) >= 11 is 0. The Morgan fingerprint density at radius 1 is 1.33 bits per heavy atom. The van der Waals surface area contributed by atoms with Gasteiger partial charge in [0.2, 0.25) is 5.91 Å². The van der Waals surface area contributed by atoms with Crippen molar-refractivity contribution in [2.75, 3.05) is 6.61 Å². The zero-order valence-electron chi connectivity index (χ0n) is 15.0. The SMILES string of the molecule is CCOC1CC(N)(C(=O)NC(Cc2ccccc2)C2CC2)C1(C)C. The molecular weight excluding hydrogens is 300 g/mol. The number of carbonyl (C=O) groups excluding carboxylic acids is 1. The predicted octanol–water partition coefficient (Wildman–Crippen LogP) is 2.66. The van der Waals surface area contributed by atoms with Crippen molar-refractivity contribution >= 4 is 5.91 Å². The summed E-state index contributed by atoms with van der Waals surface area (Å²) in [4.78, 5) is 13.0. The first-order valence-corrected chi connectivity index (χ1v) is 9.14. The molecule has 4 heteroatoms. The van der Waals surface area contributed by atoms with Crippen LogP contribution in [-0.4, -0.2) is 30.2 Å². The number of nitrogens with one attached hydrogen (secondary N) is 1. The van der Waals surface area contributed by atoms with Crippen LogP contribution in [0.3, 0.4) is 0 Å². The van der Waals surface area contributed by atoms with Crippen molar-refractivity contribution in [2.45, 2.75) is 64.1 Å². The summed E-state index contributed by atoms with van der Waals surface area (Å²) in [5.41, 5.74) is 6.60. The van der Waals surface area contributed by atoms with E-state index in [1.165, 1.54) is 18.4 Å². The van der Waals surface area contributed by atoms with Gasteiger partial charge < -0.3 is 15.8 Å². The van der Waals surface area contributed by atoms with Crippen LogP contribution < -0.4 is 11.1 Å². The first-order valence-electron chi connectivity index (χ1n) is 9.14. The van der Waals surface area contributed by atoms with Gasteiger partial charge in [-0.05, 0) is 37.7 Å². The molecule has 3 unspecified atom stereocenters. The third-order valence-electron chi connectivity index (χ3n) is 6.04. The van der Waals surface area contributed by atoms with Gasteiger partial charge in [-0.15, -0.1) is 0 Å². The first kappa shape index (κ1) is 17.4. The summed E-state index contributed by atoms with van der Waals surface area (Å²) in [7, 11) is 0. The van der Waals surface area contributed by atoms with Gasteiger partial charge in [-0.2, -0.15) is 0 Å². The van der Waals surface area contributed by atoms with Crippen LogP contribution in [-0.2, 0) is 16.0 Å². The van der Waals surface area contributed by atoms with Crippen molar-refractivity contribution in [3.8, 4) is 0 Å². The molecule has 1 aromatic rings. The number of nitrogens with two attached hydrogens (primary N) is 1. The smallest absolute Gasteiger partial charge is 0.241 e. The van der Waals surface area contributed by atoms with E-state index in [0.717, 1.165) is 6.42 Å². The molecule has 0 spiro atoms. The monoisotopic (exact) mass is 330 g/mol. The molecule has 1 amide bonds. The fourth-order valence-electron chi connectivity index (χ4n) is 3.82. The van der Waals surface area contributed by atoms with Crippen LogP contribution in [0.25, 0.3) is 0 Å². The minimum absolute atomic E-state index is 0.0173. The number of hydrogen-bond acceptors (Lipinski definition) is 3. The second-order valence-electron chi connectivity index (χ2n) is 7.95. The number of ether oxygens (including phenoxy) is 1. The van der Waals surface area contributed by atoms with E-state index in [0.29, 0.717) is 18.9 Å². The number of amides is 1. The summed E-state index contributed by atoms with van der Waals surface area (Å²) in [5, 5.41) is 3.27. The molecule has 4 nitrogen and oxygen atoms in total. The lowest BCUT2D eigenvalue weighted by molar-refractivity contribution is -0.171. The quantitative estimate of drug-likeness (QED) is 0.808. The minimum Gasteiger partial charge on any atom is -0.378 e. The van der Waals surface area contributed by atoms with Crippen LogP contribution in [0, 0.1) is 11.3 Å². The largest absolute Gasteiger partial charge is 0.378 e. The van der Waals surface area contributed by atoms with Gasteiger partial charge in [-0.1, -0.05) is 44.2 Å². The molecule has 132 valence electrons. The fraction of sp³-hybridized carbons (Fsp3) is 0.650. The molecular formula is C20H30N2O2. The van der Waals surface area contributed by atoms with Crippen molar-refractivity contribution in [1.29, 1.82) is 0 Å². The van der Waals surface area contributed by atoms with Gasteiger partial charge in [-0.25, -0.2) is 0 Å². The van der Waals surface area contributed by atoms with E-state index < -0.39 is 5.54 Å². The lowest BCUT2D eigenvalue weighted by Gasteiger charge is -2.57. The Hall–Kier alpha value is -1.39. The van der Waals surface area contributed by atoms with Gasteiger partial charge in [0.15, 0.2) is 0 Å². The average molecular weight is 330 g/mol. The highest BCUT2D eigenvalue weighted by Crippen LogP contribution is 2.50. The van der Waals surface area contributed by atoms with Crippen LogP contribution in [0.5, 0.6) is 0 Å². The van der Waals surface area contributed by atoms with E-state index in [9.17, 15) is 4.79 Å². The second-order valence-corrected chi connectivity index (χ2v) is 7.95. The summed E-state index contributed by atoms with van der Waals surface area (Å²) < 4.78 is 5.74. The van der Waals surface area contributed by atoms with E-state index >= 15 is 0 Å². The molecule has 0 saturated heterocycles. The molecule has 2 aliphatic rings. The standard InChI is InChI=1S/C20H30N2O2/c1-4-24-17-13-20(21,19(17,2)3)18(23)22-16(15-10-11-15)12-14-8-6-5-7-9-14/h5-9,15-17H,4,10-13,21H2,1-3H3,(H,22,23). The maximum absolute atomic E-state index is 13.0. The molecule has 3 N–H and O–H groups in total. The summed E-state index contributed by atoms with van der Waals surface area (Å²) in [6.07, 6.45) is 3.93. The Balaban J connectivity index is 1.66. The molecule has 24 heavy (non-hydrogen) atoms. The summed E-state index contributed by atoms with van der Waals surface area (Å²) in [6.45, 7) is 6.72. The van der Waals surface area contributed by atoms with Crippen LogP contribution in [0.15, 0.2) is 30.3 Å². The molecule has 0 aromatic heterocycles. The van der Waals surface area contributed by atoms with Gasteiger partial charge >= 0.3 is 0 Å². The molecule has 3 rings (SSSR count). The molecule has 3 atom stereocenters. The topological polar surface area (TPSA) is 64.3 Å². The Kier molecular flexibility index (Phi) is 4.71. The van der Waals surface area contributed by atoms with Crippen molar-refractivity contribution in [3.05, 3.63) is 35.9 Å². The molecule has 0 heterocycles. The van der Waals surface area contributed by atoms with Crippen molar-refractivity contribution in [1.82, 2.24) is 5.32 Å². The van der Waals surface area contributed by atoms with Gasteiger partial charge in [0, 0.05) is 24.5 Å². The molecule has 0 aliphatic heterocycles. The number of carbonyl (C=O) groups is 1. The third-order valence-corrected chi connectivity index (χ3v) is 6.04. The van der Waals surface area contributed by atoms with E-state index in [2.05, 4.69) is 17.4 Å². The maximum Gasteiger partial charge on any atom is 0.241 e. The van der Waals surface area contributed by atoms with Gasteiger partial charge in [0.1, 0.15) is 5.54 Å². The Morgan fingerprint density at radius 3 is 2.54 bits per heavy atom. The van der Waals surface area contributed by atoms with Crippen LogP contribution in [0.2, 0.25) is 0 Å². The molecule has 2 aliphatic carbocycles. The minimum atomic E-state index is -0.837. The number of rotatable bonds is 7. The first-order chi connectivity index (χ1) is 11.4. The Morgan fingerprint density at radius 2 is 2.00 bits per heavy atom. The highest BCUT2D eigenvalue weighted by atomic mass is 16.5. The number of benzene rings is 1. The third kappa shape index (κ3) is 3.09. The average Bonchev–Trinajstić information content (AvgIpc) is 3.39. The van der Waals surface area contributed by atoms with Crippen LogP contribution in [0.4, 0.5) is 0 Å².